The molecule has 2 amide bonds. The molecule has 7 heteroatoms. The zero-order valence-corrected chi connectivity index (χ0v) is 19.5. The number of thioether (sulfide) groups is 1. The van der Waals surface area contributed by atoms with Crippen molar-refractivity contribution in [3.8, 4) is 0 Å². The lowest BCUT2D eigenvalue weighted by Gasteiger charge is -2.20. The van der Waals surface area contributed by atoms with Crippen LogP contribution in [-0.2, 0) is 9.59 Å². The zero-order chi connectivity index (χ0) is 21.8. The molecular weight excluding hydrogens is 426 g/mol. The lowest BCUT2D eigenvalue weighted by atomic mass is 9.88. The normalized spacial score (nSPS) is 14.5. The Kier molecular flexibility index (Phi) is 6.92. The predicted molar refractivity (Wildman–Crippen MR) is 130 cm³/mol. The summed E-state index contributed by atoms with van der Waals surface area (Å²) in [4.78, 5) is 29.5. The lowest BCUT2D eigenvalue weighted by molar-refractivity contribution is -0.120. The molecule has 0 aliphatic heterocycles. The summed E-state index contributed by atoms with van der Waals surface area (Å²) in [7, 11) is 0. The summed E-state index contributed by atoms with van der Waals surface area (Å²) in [5.74, 6) is 0.519. The highest BCUT2D eigenvalue weighted by Crippen LogP contribution is 2.32. The van der Waals surface area contributed by atoms with E-state index in [1.807, 2.05) is 50.2 Å². The third-order valence-electron chi connectivity index (χ3n) is 5.82. The van der Waals surface area contributed by atoms with Crippen molar-refractivity contribution in [2.24, 2.45) is 5.92 Å². The Morgan fingerprint density at radius 2 is 1.90 bits per heavy atom. The lowest BCUT2D eigenvalue weighted by Crippen LogP contribution is -2.24. The highest BCUT2D eigenvalue weighted by Gasteiger charge is 2.21. The molecule has 0 radical (unpaired) electrons. The van der Waals surface area contributed by atoms with Gasteiger partial charge in [0.05, 0.1) is 16.0 Å². The van der Waals surface area contributed by atoms with Crippen LogP contribution in [0.2, 0.25) is 0 Å². The Hall–Kier alpha value is -2.38. The standard InChI is InChI=1S/C24H27N3O2S2/c1-15-7-6-10-19(16(15)2)26-22(28)14-30-24-27-20-12-11-18(13-21(20)31-24)25-23(29)17-8-4-3-5-9-17/h6-7,10-13,17H,3-5,8-9,14H2,1-2H3,(H,25,29)(H,26,28). The zero-order valence-electron chi connectivity index (χ0n) is 17.9. The first-order valence-electron chi connectivity index (χ1n) is 10.7. The Labute approximate surface area is 191 Å². The molecule has 2 aromatic carbocycles. The summed E-state index contributed by atoms with van der Waals surface area (Å²) in [6, 6.07) is 11.7. The monoisotopic (exact) mass is 453 g/mol. The summed E-state index contributed by atoms with van der Waals surface area (Å²) in [6.45, 7) is 4.04. The predicted octanol–water partition coefficient (Wildman–Crippen LogP) is 6.16. The summed E-state index contributed by atoms with van der Waals surface area (Å²) in [5, 5.41) is 6.06. The highest BCUT2D eigenvalue weighted by molar-refractivity contribution is 8.01. The highest BCUT2D eigenvalue weighted by atomic mass is 32.2. The molecule has 162 valence electrons. The smallest absolute Gasteiger partial charge is 0.234 e. The van der Waals surface area contributed by atoms with Gasteiger partial charge in [-0.3, -0.25) is 9.59 Å². The number of fused-ring (bicyclic) bond motifs is 1. The second kappa shape index (κ2) is 9.83. The Bertz CT molecular complexity index is 1100. The minimum atomic E-state index is -0.0432. The van der Waals surface area contributed by atoms with Crippen molar-refractivity contribution in [1.82, 2.24) is 4.98 Å². The van der Waals surface area contributed by atoms with Gasteiger partial charge in [-0.1, -0.05) is 43.2 Å². The van der Waals surface area contributed by atoms with Gasteiger partial charge in [-0.05, 0) is 62.1 Å². The van der Waals surface area contributed by atoms with E-state index >= 15 is 0 Å². The van der Waals surface area contributed by atoms with E-state index in [0.717, 1.165) is 62.7 Å². The van der Waals surface area contributed by atoms with Crippen LogP contribution in [0.15, 0.2) is 40.7 Å². The fourth-order valence-corrected chi connectivity index (χ4v) is 5.76. The largest absolute Gasteiger partial charge is 0.326 e. The van der Waals surface area contributed by atoms with Crippen LogP contribution < -0.4 is 10.6 Å². The molecule has 4 rings (SSSR count). The Morgan fingerprint density at radius 1 is 1.10 bits per heavy atom. The van der Waals surface area contributed by atoms with E-state index in [-0.39, 0.29) is 17.7 Å². The van der Waals surface area contributed by atoms with Gasteiger partial charge in [0.15, 0.2) is 4.34 Å². The van der Waals surface area contributed by atoms with Crippen molar-refractivity contribution < 1.29 is 9.59 Å². The summed E-state index contributed by atoms with van der Waals surface area (Å²) >= 11 is 2.98. The number of hydrogen-bond acceptors (Lipinski definition) is 5. The summed E-state index contributed by atoms with van der Waals surface area (Å²) < 4.78 is 1.86. The van der Waals surface area contributed by atoms with Crippen molar-refractivity contribution in [1.29, 1.82) is 0 Å². The first kappa shape index (κ1) is 21.8. The average Bonchev–Trinajstić information content (AvgIpc) is 3.18. The van der Waals surface area contributed by atoms with E-state index < -0.39 is 0 Å². The Balaban J connectivity index is 1.36. The number of anilines is 2. The molecular formula is C24H27N3O2S2. The number of thiazole rings is 1. The van der Waals surface area contributed by atoms with Gasteiger partial charge in [-0.15, -0.1) is 11.3 Å². The molecule has 1 heterocycles. The first-order chi connectivity index (χ1) is 15.0. The van der Waals surface area contributed by atoms with E-state index in [1.165, 1.54) is 18.2 Å². The molecule has 0 spiro atoms. The number of carbonyl (C=O) groups is 2. The molecule has 0 atom stereocenters. The van der Waals surface area contributed by atoms with Crippen LogP contribution in [0.25, 0.3) is 10.2 Å². The van der Waals surface area contributed by atoms with Crippen LogP contribution in [0.5, 0.6) is 0 Å². The number of benzene rings is 2. The molecule has 31 heavy (non-hydrogen) atoms. The number of nitrogens with zero attached hydrogens (tertiary/aromatic N) is 1. The van der Waals surface area contributed by atoms with Gasteiger partial charge in [0.2, 0.25) is 11.8 Å². The van der Waals surface area contributed by atoms with Gasteiger partial charge in [-0.25, -0.2) is 4.98 Å². The van der Waals surface area contributed by atoms with E-state index in [9.17, 15) is 9.59 Å². The molecule has 0 unspecified atom stereocenters. The van der Waals surface area contributed by atoms with Crippen LogP contribution >= 0.6 is 23.1 Å². The number of amides is 2. The second-order valence-corrected chi connectivity index (χ2v) is 10.3. The number of nitrogens with one attached hydrogen (secondary N) is 2. The molecule has 3 aromatic rings. The first-order valence-corrected chi connectivity index (χ1v) is 12.5. The maximum Gasteiger partial charge on any atom is 0.234 e. The van der Waals surface area contributed by atoms with Crippen LogP contribution in [0.4, 0.5) is 11.4 Å². The maximum absolute atomic E-state index is 12.5. The molecule has 1 fully saturated rings. The van der Waals surface area contributed by atoms with Crippen LogP contribution in [-0.4, -0.2) is 22.6 Å². The number of hydrogen-bond donors (Lipinski definition) is 2. The van der Waals surface area contributed by atoms with E-state index in [1.54, 1.807) is 11.3 Å². The van der Waals surface area contributed by atoms with Gasteiger partial charge in [0.25, 0.3) is 0 Å². The van der Waals surface area contributed by atoms with E-state index in [0.29, 0.717) is 5.75 Å². The van der Waals surface area contributed by atoms with Gasteiger partial charge in [-0.2, -0.15) is 0 Å². The number of aromatic nitrogens is 1. The van der Waals surface area contributed by atoms with Crippen molar-refractivity contribution in [3.05, 3.63) is 47.5 Å². The summed E-state index contributed by atoms with van der Waals surface area (Å²) in [5.41, 5.74) is 4.80. The molecule has 5 nitrogen and oxygen atoms in total. The third-order valence-corrected chi connectivity index (χ3v) is 7.98. The minimum absolute atomic E-state index is 0.0432. The molecule has 1 saturated carbocycles. The quantitative estimate of drug-likeness (QED) is 0.438. The second-order valence-electron chi connectivity index (χ2n) is 8.07. The van der Waals surface area contributed by atoms with Crippen molar-refractivity contribution in [3.63, 3.8) is 0 Å². The fourth-order valence-electron chi connectivity index (χ4n) is 3.85. The molecule has 0 saturated heterocycles. The summed E-state index contributed by atoms with van der Waals surface area (Å²) in [6.07, 6.45) is 5.49. The fraction of sp³-hybridized carbons (Fsp3) is 0.375. The van der Waals surface area contributed by atoms with Crippen molar-refractivity contribution in [2.75, 3.05) is 16.4 Å². The molecule has 1 aliphatic rings. The SMILES string of the molecule is Cc1cccc(NC(=O)CSc2nc3ccc(NC(=O)C4CCCCC4)cc3s2)c1C. The molecule has 0 bridgehead atoms. The number of carbonyl (C=O) groups excluding carboxylic acids is 2. The maximum atomic E-state index is 12.5. The van der Waals surface area contributed by atoms with Gasteiger partial charge in [0.1, 0.15) is 0 Å². The molecule has 1 aromatic heterocycles. The van der Waals surface area contributed by atoms with Crippen molar-refractivity contribution >= 4 is 56.5 Å². The molecule has 1 aliphatic carbocycles. The van der Waals surface area contributed by atoms with Crippen LogP contribution in [0.1, 0.15) is 43.2 Å². The van der Waals surface area contributed by atoms with E-state index in [2.05, 4.69) is 15.6 Å². The topological polar surface area (TPSA) is 71.1 Å². The van der Waals surface area contributed by atoms with Gasteiger partial charge < -0.3 is 10.6 Å². The Morgan fingerprint density at radius 3 is 2.71 bits per heavy atom. The number of aryl methyl sites for hydroxylation is 1. The van der Waals surface area contributed by atoms with Gasteiger partial charge >= 0.3 is 0 Å². The molecule has 2 N–H and O–H groups in total. The minimum Gasteiger partial charge on any atom is -0.326 e. The third kappa shape index (κ3) is 5.46. The van der Waals surface area contributed by atoms with Gasteiger partial charge in [0, 0.05) is 17.3 Å². The van der Waals surface area contributed by atoms with Crippen LogP contribution in [0.3, 0.4) is 0 Å². The van der Waals surface area contributed by atoms with Crippen LogP contribution in [0, 0.1) is 19.8 Å². The van der Waals surface area contributed by atoms with Crippen molar-refractivity contribution in [2.45, 2.75) is 50.3 Å². The van der Waals surface area contributed by atoms with E-state index in [4.69, 9.17) is 0 Å². The number of rotatable bonds is 6. The average molecular weight is 454 g/mol.